The summed E-state index contributed by atoms with van der Waals surface area (Å²) >= 11 is 0. The van der Waals surface area contributed by atoms with Crippen molar-refractivity contribution < 1.29 is 13.2 Å². The molecule has 2 N–H and O–H groups in total. The van der Waals surface area contributed by atoms with Crippen molar-refractivity contribution in [1.29, 1.82) is 0 Å². The highest BCUT2D eigenvalue weighted by atomic mass is 32.2. The number of hydrogen-bond donors (Lipinski definition) is 2. The first-order valence-corrected chi connectivity index (χ1v) is 7.10. The summed E-state index contributed by atoms with van der Waals surface area (Å²) in [5.41, 5.74) is 0. The minimum atomic E-state index is -2.81. The molecule has 2 aliphatic heterocycles. The lowest BCUT2D eigenvalue weighted by atomic mass is 10.1. The largest absolute Gasteiger partial charge is 0.355 e. The highest BCUT2D eigenvalue weighted by molar-refractivity contribution is 7.91. The van der Waals surface area contributed by atoms with Gasteiger partial charge >= 0.3 is 0 Å². The standard InChI is InChI=1S/C9H16N2O3S/c12-9-2-1-7(5-10-9)11-8-3-4-15(13,14)6-8/h7-8,11H,1-6H2,(H,10,12). The van der Waals surface area contributed by atoms with Gasteiger partial charge in [-0.1, -0.05) is 0 Å². The van der Waals surface area contributed by atoms with Crippen LogP contribution in [0.4, 0.5) is 0 Å². The van der Waals surface area contributed by atoms with E-state index in [0.29, 0.717) is 25.1 Å². The number of sulfone groups is 1. The van der Waals surface area contributed by atoms with Gasteiger partial charge in [0.25, 0.3) is 0 Å². The maximum atomic E-state index is 11.2. The lowest BCUT2D eigenvalue weighted by molar-refractivity contribution is -0.122. The molecule has 1 amide bonds. The summed E-state index contributed by atoms with van der Waals surface area (Å²) in [6.45, 7) is 0.620. The Morgan fingerprint density at radius 2 is 2.07 bits per heavy atom. The first kappa shape index (κ1) is 10.9. The number of nitrogens with one attached hydrogen (secondary N) is 2. The van der Waals surface area contributed by atoms with Crippen molar-refractivity contribution in [3.8, 4) is 0 Å². The normalized spacial score (nSPS) is 35.1. The highest BCUT2D eigenvalue weighted by Crippen LogP contribution is 2.13. The summed E-state index contributed by atoms with van der Waals surface area (Å²) in [5.74, 6) is 0.633. The first-order chi connectivity index (χ1) is 7.05. The zero-order valence-electron chi connectivity index (χ0n) is 8.53. The highest BCUT2D eigenvalue weighted by Gasteiger charge is 2.30. The minimum Gasteiger partial charge on any atom is -0.355 e. The zero-order valence-corrected chi connectivity index (χ0v) is 9.35. The molecule has 5 nitrogen and oxygen atoms in total. The van der Waals surface area contributed by atoms with E-state index >= 15 is 0 Å². The van der Waals surface area contributed by atoms with E-state index in [1.165, 1.54) is 0 Å². The monoisotopic (exact) mass is 232 g/mol. The average Bonchev–Trinajstić information content (AvgIpc) is 2.50. The number of carbonyl (C=O) groups excluding carboxylic acids is 1. The van der Waals surface area contributed by atoms with E-state index in [9.17, 15) is 13.2 Å². The Hall–Kier alpha value is -0.620. The fourth-order valence-electron chi connectivity index (χ4n) is 2.13. The smallest absolute Gasteiger partial charge is 0.220 e. The van der Waals surface area contributed by atoms with Crippen LogP contribution in [-0.4, -0.2) is 44.5 Å². The summed E-state index contributed by atoms with van der Waals surface area (Å²) in [5, 5.41) is 6.08. The Morgan fingerprint density at radius 1 is 1.27 bits per heavy atom. The molecule has 6 heteroatoms. The molecule has 0 radical (unpaired) electrons. The first-order valence-electron chi connectivity index (χ1n) is 5.28. The van der Waals surface area contributed by atoms with Gasteiger partial charge in [0.05, 0.1) is 11.5 Å². The molecule has 15 heavy (non-hydrogen) atoms. The van der Waals surface area contributed by atoms with E-state index in [0.717, 1.165) is 6.42 Å². The van der Waals surface area contributed by atoms with Gasteiger partial charge in [-0.15, -0.1) is 0 Å². The molecule has 0 spiro atoms. The molecule has 86 valence electrons. The van der Waals surface area contributed by atoms with Gasteiger partial charge in [-0.3, -0.25) is 4.79 Å². The summed E-state index contributed by atoms with van der Waals surface area (Å²) in [4.78, 5) is 10.9. The van der Waals surface area contributed by atoms with Crippen LogP contribution in [0.1, 0.15) is 19.3 Å². The summed E-state index contributed by atoms with van der Waals surface area (Å²) in [7, 11) is -2.81. The zero-order chi connectivity index (χ0) is 10.9. The third-order valence-corrected chi connectivity index (χ3v) is 4.74. The average molecular weight is 232 g/mol. The maximum absolute atomic E-state index is 11.2. The van der Waals surface area contributed by atoms with Gasteiger partial charge in [0, 0.05) is 25.0 Å². The predicted molar refractivity (Wildman–Crippen MR) is 56.2 cm³/mol. The molecule has 2 aliphatic rings. The minimum absolute atomic E-state index is 0.0787. The van der Waals surface area contributed by atoms with Gasteiger partial charge in [0.2, 0.25) is 5.91 Å². The molecule has 2 unspecified atom stereocenters. The van der Waals surface area contributed by atoms with Crippen molar-refractivity contribution in [2.75, 3.05) is 18.1 Å². The molecular weight excluding hydrogens is 216 g/mol. The van der Waals surface area contributed by atoms with Crippen molar-refractivity contribution in [3.63, 3.8) is 0 Å². The topological polar surface area (TPSA) is 75.3 Å². The number of rotatable bonds is 2. The molecular formula is C9H16N2O3S. The van der Waals surface area contributed by atoms with Crippen LogP contribution >= 0.6 is 0 Å². The van der Waals surface area contributed by atoms with E-state index in [-0.39, 0.29) is 23.7 Å². The SMILES string of the molecule is O=C1CCC(NC2CCS(=O)(=O)C2)CN1. The number of hydrogen-bond acceptors (Lipinski definition) is 4. The second kappa shape index (κ2) is 4.09. The fraction of sp³-hybridized carbons (Fsp3) is 0.889. The van der Waals surface area contributed by atoms with E-state index in [2.05, 4.69) is 10.6 Å². The molecule has 0 aliphatic carbocycles. The van der Waals surface area contributed by atoms with Crippen LogP contribution in [0, 0.1) is 0 Å². The Labute approximate surface area is 89.5 Å². The quantitative estimate of drug-likeness (QED) is 0.643. The summed E-state index contributed by atoms with van der Waals surface area (Å²) in [6, 6.07) is 0.316. The third-order valence-electron chi connectivity index (χ3n) is 2.97. The Morgan fingerprint density at radius 3 is 2.60 bits per heavy atom. The van der Waals surface area contributed by atoms with Gasteiger partial charge in [0.15, 0.2) is 9.84 Å². The van der Waals surface area contributed by atoms with Crippen molar-refractivity contribution >= 4 is 15.7 Å². The molecule has 0 aromatic carbocycles. The van der Waals surface area contributed by atoms with Crippen molar-refractivity contribution in [1.82, 2.24) is 10.6 Å². The fourth-order valence-corrected chi connectivity index (χ4v) is 3.82. The maximum Gasteiger partial charge on any atom is 0.220 e. The van der Waals surface area contributed by atoms with E-state index in [4.69, 9.17) is 0 Å². The third kappa shape index (κ3) is 2.92. The Bertz CT molecular complexity index is 342. The van der Waals surface area contributed by atoms with Crippen LogP contribution in [0.5, 0.6) is 0 Å². The molecule has 0 bridgehead atoms. The second-order valence-corrected chi connectivity index (χ2v) is 6.54. The van der Waals surface area contributed by atoms with E-state index in [1.54, 1.807) is 0 Å². The van der Waals surface area contributed by atoms with Crippen LogP contribution in [0.25, 0.3) is 0 Å². The molecule has 0 aromatic heterocycles. The van der Waals surface area contributed by atoms with Crippen LogP contribution in [0.2, 0.25) is 0 Å². The van der Waals surface area contributed by atoms with Crippen LogP contribution in [0.15, 0.2) is 0 Å². The van der Waals surface area contributed by atoms with Gasteiger partial charge in [0.1, 0.15) is 0 Å². The van der Waals surface area contributed by atoms with Gasteiger partial charge in [-0.05, 0) is 12.8 Å². The van der Waals surface area contributed by atoms with Crippen LogP contribution < -0.4 is 10.6 Å². The number of carbonyl (C=O) groups is 1. The van der Waals surface area contributed by atoms with Gasteiger partial charge < -0.3 is 10.6 Å². The lowest BCUT2D eigenvalue weighted by Crippen LogP contribution is -2.49. The molecule has 0 saturated carbocycles. The summed E-state index contributed by atoms with van der Waals surface area (Å²) < 4.78 is 22.4. The van der Waals surface area contributed by atoms with Gasteiger partial charge in [-0.2, -0.15) is 0 Å². The number of piperidine rings is 1. The van der Waals surface area contributed by atoms with E-state index in [1.807, 2.05) is 0 Å². The van der Waals surface area contributed by atoms with E-state index < -0.39 is 9.84 Å². The van der Waals surface area contributed by atoms with Crippen molar-refractivity contribution in [3.05, 3.63) is 0 Å². The molecule has 2 fully saturated rings. The number of amides is 1. The predicted octanol–water partition coefficient (Wildman–Crippen LogP) is -0.958. The molecule has 2 rings (SSSR count). The van der Waals surface area contributed by atoms with Crippen LogP contribution in [-0.2, 0) is 14.6 Å². The molecule has 0 aromatic rings. The summed E-state index contributed by atoms with van der Waals surface area (Å²) in [6.07, 6.45) is 2.05. The van der Waals surface area contributed by atoms with Crippen molar-refractivity contribution in [2.24, 2.45) is 0 Å². The Balaban J connectivity index is 1.81. The van der Waals surface area contributed by atoms with Gasteiger partial charge in [-0.25, -0.2) is 8.42 Å². The lowest BCUT2D eigenvalue weighted by Gasteiger charge is -2.26. The molecule has 2 heterocycles. The molecule has 2 atom stereocenters. The van der Waals surface area contributed by atoms with Crippen LogP contribution in [0.3, 0.4) is 0 Å². The van der Waals surface area contributed by atoms with Crippen molar-refractivity contribution in [2.45, 2.75) is 31.3 Å². The second-order valence-electron chi connectivity index (χ2n) is 4.31. The molecule has 2 saturated heterocycles. The Kier molecular flexibility index (Phi) is 2.97.